The molecule has 148 valence electrons. The number of imidazole rings is 1. The van der Waals surface area contributed by atoms with Crippen molar-refractivity contribution in [3.63, 3.8) is 0 Å². The van der Waals surface area contributed by atoms with Crippen LogP contribution in [0.25, 0.3) is 11.0 Å². The van der Waals surface area contributed by atoms with Crippen LogP contribution in [0.15, 0.2) is 24.3 Å². The summed E-state index contributed by atoms with van der Waals surface area (Å²) in [7, 11) is -1.35. The molecule has 8 nitrogen and oxygen atoms in total. The summed E-state index contributed by atoms with van der Waals surface area (Å²) in [6.07, 6.45) is 0.827. The summed E-state index contributed by atoms with van der Waals surface area (Å²) in [6.45, 7) is 5.26. The third kappa shape index (κ3) is 3.88. The minimum atomic E-state index is -3.39. The zero-order valence-corrected chi connectivity index (χ0v) is 16.6. The van der Waals surface area contributed by atoms with Gasteiger partial charge in [0.05, 0.1) is 30.8 Å². The Labute approximate surface area is 160 Å². The molecule has 1 aromatic carbocycles. The first-order chi connectivity index (χ1) is 13.1. The lowest BCUT2D eigenvalue weighted by Gasteiger charge is -2.31. The monoisotopic (exact) mass is 393 g/mol. The van der Waals surface area contributed by atoms with Crippen LogP contribution < -0.4 is 0 Å². The number of benzene rings is 1. The lowest BCUT2D eigenvalue weighted by atomic mass is 10.3. The van der Waals surface area contributed by atoms with E-state index in [1.165, 1.54) is 0 Å². The summed E-state index contributed by atoms with van der Waals surface area (Å²) < 4.78 is 36.4. The van der Waals surface area contributed by atoms with Crippen LogP contribution in [0.1, 0.15) is 12.2 Å². The standard InChI is InChI=1S/C18H27N5O3S/c1-20-17-6-3-2-5-16(17)19-18(20)15-21-7-4-8-22(10-9-21)27(24,25)23-11-13-26-14-12-23/h2-3,5-6H,4,7-15H2,1H3. The van der Waals surface area contributed by atoms with Crippen LogP contribution in [0.5, 0.6) is 0 Å². The fourth-order valence-corrected chi connectivity index (χ4v) is 5.42. The van der Waals surface area contributed by atoms with Crippen molar-refractivity contribution in [3.8, 4) is 0 Å². The number of rotatable bonds is 4. The van der Waals surface area contributed by atoms with Gasteiger partial charge in [-0.05, 0) is 25.1 Å². The summed E-state index contributed by atoms with van der Waals surface area (Å²) >= 11 is 0. The molecule has 2 aromatic rings. The average Bonchev–Trinajstić information content (AvgIpc) is 2.85. The van der Waals surface area contributed by atoms with E-state index >= 15 is 0 Å². The molecule has 1 aromatic heterocycles. The zero-order valence-electron chi connectivity index (χ0n) is 15.7. The maximum Gasteiger partial charge on any atom is 0.282 e. The van der Waals surface area contributed by atoms with Crippen molar-refractivity contribution in [2.75, 3.05) is 52.5 Å². The second kappa shape index (κ2) is 7.84. The molecule has 0 bridgehead atoms. The summed E-state index contributed by atoms with van der Waals surface area (Å²) in [5.74, 6) is 1.01. The number of nitrogens with zero attached hydrogens (tertiary/aromatic N) is 5. The number of aryl methyl sites for hydroxylation is 1. The first kappa shape index (κ1) is 18.8. The number of fused-ring (bicyclic) bond motifs is 1. The Balaban J connectivity index is 1.43. The topological polar surface area (TPSA) is 70.9 Å². The largest absolute Gasteiger partial charge is 0.379 e. The van der Waals surface area contributed by atoms with E-state index in [2.05, 4.69) is 15.5 Å². The van der Waals surface area contributed by atoms with Crippen LogP contribution in [0.2, 0.25) is 0 Å². The van der Waals surface area contributed by atoms with E-state index in [9.17, 15) is 8.42 Å². The highest BCUT2D eigenvalue weighted by atomic mass is 32.2. The second-order valence-electron chi connectivity index (χ2n) is 7.12. The third-order valence-corrected chi connectivity index (χ3v) is 7.45. The summed E-state index contributed by atoms with van der Waals surface area (Å²) in [5, 5.41) is 0. The van der Waals surface area contributed by atoms with E-state index < -0.39 is 10.2 Å². The van der Waals surface area contributed by atoms with Gasteiger partial charge in [0.15, 0.2) is 0 Å². The molecule has 0 saturated carbocycles. The molecule has 27 heavy (non-hydrogen) atoms. The SMILES string of the molecule is Cn1c(CN2CCCN(S(=O)(=O)N3CCOCC3)CC2)nc2ccccc21. The molecular formula is C18H27N5O3S. The third-order valence-electron chi connectivity index (χ3n) is 5.41. The normalized spacial score (nSPS) is 21.5. The van der Waals surface area contributed by atoms with Crippen LogP contribution in [0, 0.1) is 0 Å². The fourth-order valence-electron chi connectivity index (χ4n) is 3.81. The molecule has 0 N–H and O–H groups in total. The number of aromatic nitrogens is 2. The van der Waals surface area contributed by atoms with E-state index in [1.807, 2.05) is 25.2 Å². The van der Waals surface area contributed by atoms with E-state index in [1.54, 1.807) is 8.61 Å². The zero-order chi connectivity index (χ0) is 18.9. The molecule has 2 fully saturated rings. The van der Waals surface area contributed by atoms with E-state index in [-0.39, 0.29) is 0 Å². The van der Waals surface area contributed by atoms with Crippen molar-refractivity contribution < 1.29 is 13.2 Å². The smallest absolute Gasteiger partial charge is 0.282 e. The quantitative estimate of drug-likeness (QED) is 0.763. The van der Waals surface area contributed by atoms with Gasteiger partial charge in [0.2, 0.25) is 0 Å². The highest BCUT2D eigenvalue weighted by molar-refractivity contribution is 7.86. The molecule has 0 spiro atoms. The Kier molecular flexibility index (Phi) is 5.47. The summed E-state index contributed by atoms with van der Waals surface area (Å²) in [6, 6.07) is 8.12. The van der Waals surface area contributed by atoms with Gasteiger partial charge in [-0.15, -0.1) is 0 Å². The maximum atomic E-state index is 12.9. The summed E-state index contributed by atoms with van der Waals surface area (Å²) in [5.41, 5.74) is 2.13. The lowest BCUT2D eigenvalue weighted by molar-refractivity contribution is 0.0702. The molecule has 3 heterocycles. The van der Waals surface area contributed by atoms with Gasteiger partial charge in [0.1, 0.15) is 5.82 Å². The Bertz CT molecular complexity index is 892. The molecule has 2 aliphatic heterocycles. The average molecular weight is 394 g/mol. The van der Waals surface area contributed by atoms with Crippen molar-refractivity contribution in [1.29, 1.82) is 0 Å². The van der Waals surface area contributed by atoms with Crippen LogP contribution in [-0.4, -0.2) is 84.0 Å². The van der Waals surface area contributed by atoms with Crippen molar-refractivity contribution in [3.05, 3.63) is 30.1 Å². The van der Waals surface area contributed by atoms with Gasteiger partial charge in [-0.2, -0.15) is 17.0 Å². The Morgan fingerprint density at radius 1 is 1.00 bits per heavy atom. The maximum absolute atomic E-state index is 12.9. The van der Waals surface area contributed by atoms with Gasteiger partial charge in [-0.25, -0.2) is 4.98 Å². The van der Waals surface area contributed by atoms with Crippen molar-refractivity contribution in [1.82, 2.24) is 23.1 Å². The van der Waals surface area contributed by atoms with Crippen LogP contribution in [0.4, 0.5) is 0 Å². The van der Waals surface area contributed by atoms with E-state index in [4.69, 9.17) is 9.72 Å². The van der Waals surface area contributed by atoms with Crippen molar-refractivity contribution >= 4 is 21.2 Å². The summed E-state index contributed by atoms with van der Waals surface area (Å²) in [4.78, 5) is 7.05. The number of hydrogen-bond donors (Lipinski definition) is 0. The molecule has 2 saturated heterocycles. The van der Waals surface area contributed by atoms with Crippen LogP contribution in [-0.2, 0) is 28.5 Å². The minimum absolute atomic E-state index is 0.447. The van der Waals surface area contributed by atoms with Gasteiger partial charge < -0.3 is 9.30 Å². The fraction of sp³-hybridized carbons (Fsp3) is 0.611. The molecule has 0 unspecified atom stereocenters. The number of para-hydroxylation sites is 2. The molecule has 0 aliphatic carbocycles. The van der Waals surface area contributed by atoms with Gasteiger partial charge in [-0.1, -0.05) is 12.1 Å². The Hall–Kier alpha value is -1.52. The van der Waals surface area contributed by atoms with Crippen molar-refractivity contribution in [2.45, 2.75) is 13.0 Å². The number of hydrogen-bond acceptors (Lipinski definition) is 5. The molecule has 0 amide bonds. The lowest BCUT2D eigenvalue weighted by Crippen LogP contribution is -2.49. The molecule has 2 aliphatic rings. The first-order valence-electron chi connectivity index (χ1n) is 9.51. The first-order valence-corrected chi connectivity index (χ1v) is 10.9. The van der Waals surface area contributed by atoms with Crippen molar-refractivity contribution in [2.24, 2.45) is 7.05 Å². The number of morpholine rings is 1. The predicted octanol–water partition coefficient (Wildman–Crippen LogP) is 0.658. The molecule has 9 heteroatoms. The minimum Gasteiger partial charge on any atom is -0.379 e. The molecular weight excluding hydrogens is 366 g/mol. The molecule has 4 rings (SSSR count). The Morgan fingerprint density at radius 3 is 2.52 bits per heavy atom. The van der Waals surface area contributed by atoms with Crippen LogP contribution >= 0.6 is 0 Å². The molecule has 0 radical (unpaired) electrons. The van der Waals surface area contributed by atoms with E-state index in [0.717, 1.165) is 36.4 Å². The van der Waals surface area contributed by atoms with Gasteiger partial charge in [0, 0.05) is 39.8 Å². The highest BCUT2D eigenvalue weighted by Gasteiger charge is 2.32. The van der Waals surface area contributed by atoms with Gasteiger partial charge >= 0.3 is 0 Å². The van der Waals surface area contributed by atoms with E-state index in [0.29, 0.717) is 45.9 Å². The second-order valence-corrected chi connectivity index (χ2v) is 9.05. The van der Waals surface area contributed by atoms with Gasteiger partial charge in [0.25, 0.3) is 10.2 Å². The number of ether oxygens (including phenoxy) is 1. The highest BCUT2D eigenvalue weighted by Crippen LogP contribution is 2.18. The predicted molar refractivity (Wildman–Crippen MR) is 103 cm³/mol. The van der Waals surface area contributed by atoms with Gasteiger partial charge in [-0.3, -0.25) is 4.90 Å². The Morgan fingerprint density at radius 2 is 1.74 bits per heavy atom. The molecule has 0 atom stereocenters. The van der Waals surface area contributed by atoms with Crippen LogP contribution in [0.3, 0.4) is 0 Å².